The summed E-state index contributed by atoms with van der Waals surface area (Å²) in [6.07, 6.45) is 5.72. The number of nitrogens with one attached hydrogen (secondary N) is 2. The fourth-order valence-corrected chi connectivity index (χ4v) is 2.67. The van der Waals surface area contributed by atoms with Crippen LogP contribution in [0.15, 0.2) is 75.4 Å². The Morgan fingerprint density at radius 2 is 1.37 bits per heavy atom. The molecule has 0 spiro atoms. The molecule has 2 aromatic rings. The van der Waals surface area contributed by atoms with Crippen molar-refractivity contribution in [1.29, 1.82) is 0 Å². The van der Waals surface area contributed by atoms with Gasteiger partial charge in [0.15, 0.2) is 0 Å². The van der Waals surface area contributed by atoms with E-state index in [0.29, 0.717) is 5.02 Å². The van der Waals surface area contributed by atoms with Crippen molar-refractivity contribution in [3.8, 4) is 0 Å². The lowest BCUT2D eigenvalue weighted by Gasteiger charge is -2.01. The minimum atomic E-state index is -0.522. The molecule has 30 heavy (non-hydrogen) atoms. The minimum Gasteiger partial charge on any atom is -0.368 e. The average molecular weight is 490 g/mol. The lowest BCUT2D eigenvalue weighted by molar-refractivity contribution is -0.116. The van der Waals surface area contributed by atoms with Gasteiger partial charge in [-0.05, 0) is 47.5 Å². The molecule has 0 atom stereocenters. The molecule has 0 aliphatic carbocycles. The van der Waals surface area contributed by atoms with Gasteiger partial charge in [-0.25, -0.2) is 0 Å². The zero-order valence-corrected chi connectivity index (χ0v) is 17.9. The number of carbonyl (C=O) groups is 2. The second-order valence-electron chi connectivity index (χ2n) is 5.73. The molecule has 2 amide bonds. The van der Waals surface area contributed by atoms with Gasteiger partial charge >= 0.3 is 0 Å². The second-order valence-corrected chi connectivity index (χ2v) is 7.08. The number of carbonyl (C=O) groups excluding carboxylic acids is 2. The molecule has 0 saturated carbocycles. The number of benzene rings is 2. The van der Waals surface area contributed by atoms with Gasteiger partial charge < -0.3 is 11.5 Å². The van der Waals surface area contributed by atoms with Crippen molar-refractivity contribution in [1.82, 2.24) is 10.6 Å². The summed E-state index contributed by atoms with van der Waals surface area (Å²) in [7, 11) is 0. The molecule has 0 bridgehead atoms. The van der Waals surface area contributed by atoms with E-state index in [0.717, 1.165) is 15.6 Å². The van der Waals surface area contributed by atoms with Gasteiger partial charge in [0.05, 0.1) is 0 Å². The van der Waals surface area contributed by atoms with Crippen LogP contribution in [-0.2, 0) is 9.59 Å². The van der Waals surface area contributed by atoms with Crippen molar-refractivity contribution in [3.05, 3.63) is 81.3 Å². The first-order valence-corrected chi connectivity index (χ1v) is 9.65. The molecule has 0 radical (unpaired) electrons. The number of halogens is 2. The van der Waals surface area contributed by atoms with Crippen molar-refractivity contribution in [2.75, 3.05) is 0 Å². The van der Waals surface area contributed by atoms with Crippen molar-refractivity contribution in [2.24, 2.45) is 21.7 Å². The second kappa shape index (κ2) is 11.5. The van der Waals surface area contributed by atoms with E-state index < -0.39 is 11.8 Å². The predicted molar refractivity (Wildman–Crippen MR) is 123 cm³/mol. The van der Waals surface area contributed by atoms with Crippen LogP contribution in [0.3, 0.4) is 0 Å². The highest BCUT2D eigenvalue weighted by atomic mass is 79.9. The monoisotopic (exact) mass is 488 g/mol. The summed E-state index contributed by atoms with van der Waals surface area (Å²) < 4.78 is 0.889. The number of nitrogens with two attached hydrogens (primary N) is 2. The van der Waals surface area contributed by atoms with E-state index in [9.17, 15) is 9.59 Å². The molecule has 10 heteroatoms. The summed E-state index contributed by atoms with van der Waals surface area (Å²) in [5, 5.41) is 12.3. The Morgan fingerprint density at radius 1 is 0.867 bits per heavy atom. The van der Waals surface area contributed by atoms with E-state index in [1.54, 1.807) is 36.4 Å². The lowest BCUT2D eigenvalue weighted by atomic mass is 10.2. The molecule has 2 rings (SSSR count). The zero-order chi connectivity index (χ0) is 21.9. The summed E-state index contributed by atoms with van der Waals surface area (Å²) in [6.45, 7) is 0. The van der Waals surface area contributed by atoms with Crippen LogP contribution in [0.4, 0.5) is 0 Å². The number of guanidine groups is 2. The van der Waals surface area contributed by atoms with Gasteiger partial charge in [0.2, 0.25) is 11.9 Å². The SMILES string of the molecule is NC(=NN=C(N)NC(=O)C=Cc1cccc(Br)c1)NC(=O)C=Cc1cccc(Cl)c1. The number of nitrogens with zero attached hydrogens (tertiary/aromatic N) is 2. The zero-order valence-electron chi connectivity index (χ0n) is 15.5. The third kappa shape index (κ3) is 8.72. The van der Waals surface area contributed by atoms with E-state index in [4.69, 9.17) is 23.1 Å². The summed E-state index contributed by atoms with van der Waals surface area (Å²) in [5.74, 6) is -1.60. The van der Waals surface area contributed by atoms with Gasteiger partial charge in [-0.2, -0.15) is 0 Å². The standard InChI is InChI=1S/C20H18BrClN6O2/c21-15-5-1-3-13(11-15)7-9-17(29)25-19(23)27-28-20(24)26-18(30)10-8-14-4-2-6-16(22)12-14/h1-12H,(H3,23,25,27,29)(H3,24,26,28,30). The Balaban J connectivity index is 1.86. The van der Waals surface area contributed by atoms with Crippen molar-refractivity contribution in [3.63, 3.8) is 0 Å². The van der Waals surface area contributed by atoms with Gasteiger partial charge in [0.1, 0.15) is 0 Å². The van der Waals surface area contributed by atoms with Crippen LogP contribution >= 0.6 is 27.5 Å². The Labute approximate surface area is 186 Å². The van der Waals surface area contributed by atoms with Crippen LogP contribution in [-0.4, -0.2) is 23.7 Å². The van der Waals surface area contributed by atoms with Crippen molar-refractivity contribution >= 4 is 63.4 Å². The number of hydrogen-bond donors (Lipinski definition) is 4. The molecule has 0 heterocycles. The van der Waals surface area contributed by atoms with E-state index in [-0.39, 0.29) is 11.9 Å². The molecule has 0 aliphatic rings. The minimum absolute atomic E-state index is 0.287. The lowest BCUT2D eigenvalue weighted by Crippen LogP contribution is -2.37. The maximum Gasteiger partial charge on any atom is 0.250 e. The summed E-state index contributed by atoms with van der Waals surface area (Å²) in [4.78, 5) is 23.7. The van der Waals surface area contributed by atoms with E-state index in [1.165, 1.54) is 12.2 Å². The maximum absolute atomic E-state index is 11.8. The highest BCUT2D eigenvalue weighted by Crippen LogP contribution is 2.13. The first-order chi connectivity index (χ1) is 14.3. The normalized spacial score (nSPS) is 12.3. The highest BCUT2D eigenvalue weighted by Gasteiger charge is 2.01. The van der Waals surface area contributed by atoms with E-state index in [2.05, 4.69) is 36.8 Å². The van der Waals surface area contributed by atoms with Crippen LogP contribution in [0.5, 0.6) is 0 Å². The highest BCUT2D eigenvalue weighted by molar-refractivity contribution is 9.10. The number of hydrogen-bond acceptors (Lipinski definition) is 4. The third-order valence-corrected chi connectivity index (χ3v) is 4.05. The van der Waals surface area contributed by atoms with Crippen LogP contribution in [0, 0.1) is 0 Å². The van der Waals surface area contributed by atoms with Crippen LogP contribution < -0.4 is 22.1 Å². The molecule has 0 unspecified atom stereocenters. The van der Waals surface area contributed by atoms with Gasteiger partial charge in [0.25, 0.3) is 11.8 Å². The first kappa shape index (κ1) is 22.9. The molecule has 6 N–H and O–H groups in total. The topological polar surface area (TPSA) is 135 Å². The molecule has 0 fully saturated rings. The van der Waals surface area contributed by atoms with Crippen LogP contribution in [0.2, 0.25) is 5.02 Å². The van der Waals surface area contributed by atoms with Gasteiger partial charge in [-0.3, -0.25) is 20.2 Å². The van der Waals surface area contributed by atoms with Crippen LogP contribution in [0.25, 0.3) is 12.2 Å². The Morgan fingerprint density at radius 3 is 1.87 bits per heavy atom. The molecule has 0 aliphatic heterocycles. The quantitative estimate of drug-likeness (QED) is 0.222. The van der Waals surface area contributed by atoms with Crippen molar-refractivity contribution in [2.45, 2.75) is 0 Å². The molecular formula is C20H18BrClN6O2. The Bertz CT molecular complexity index is 966. The molecule has 154 valence electrons. The largest absolute Gasteiger partial charge is 0.368 e. The molecule has 0 aromatic heterocycles. The summed E-state index contributed by atoms with van der Waals surface area (Å²) in [6, 6.07) is 14.4. The van der Waals surface area contributed by atoms with Gasteiger partial charge in [-0.15, -0.1) is 10.2 Å². The van der Waals surface area contributed by atoms with Gasteiger partial charge in [-0.1, -0.05) is 51.8 Å². The van der Waals surface area contributed by atoms with Crippen LogP contribution in [0.1, 0.15) is 11.1 Å². The molecular weight excluding hydrogens is 472 g/mol. The number of rotatable bonds is 5. The predicted octanol–water partition coefficient (Wildman–Crippen LogP) is 2.61. The Hall–Kier alpha value is -3.43. The fourth-order valence-electron chi connectivity index (χ4n) is 2.06. The summed E-state index contributed by atoms with van der Waals surface area (Å²) in [5.41, 5.74) is 12.7. The average Bonchev–Trinajstić information content (AvgIpc) is 2.69. The van der Waals surface area contributed by atoms with Gasteiger partial charge in [0, 0.05) is 21.6 Å². The van der Waals surface area contributed by atoms with Crippen molar-refractivity contribution < 1.29 is 9.59 Å². The molecule has 8 nitrogen and oxygen atoms in total. The van der Waals surface area contributed by atoms with E-state index >= 15 is 0 Å². The van der Waals surface area contributed by atoms with E-state index in [1.807, 2.05) is 24.3 Å². The third-order valence-electron chi connectivity index (χ3n) is 3.32. The molecule has 0 saturated heterocycles. The fraction of sp³-hybridized carbons (Fsp3) is 0. The molecule has 2 aromatic carbocycles. The smallest absolute Gasteiger partial charge is 0.250 e. The maximum atomic E-state index is 11.8. The number of amides is 2. The summed E-state index contributed by atoms with van der Waals surface area (Å²) >= 11 is 9.22. The first-order valence-electron chi connectivity index (χ1n) is 8.47. The Kier molecular flexibility index (Phi) is 8.79.